The number of amides is 2. The molecule has 0 spiro atoms. The van der Waals surface area contributed by atoms with Crippen molar-refractivity contribution in [1.82, 2.24) is 4.90 Å². The van der Waals surface area contributed by atoms with Gasteiger partial charge in [0.15, 0.2) is 6.61 Å². The Morgan fingerprint density at radius 3 is 2.72 bits per heavy atom. The Morgan fingerprint density at radius 1 is 1.17 bits per heavy atom. The first-order valence-electron chi connectivity index (χ1n) is 8.99. The van der Waals surface area contributed by atoms with Crippen molar-refractivity contribution in [2.75, 3.05) is 11.9 Å². The first-order chi connectivity index (χ1) is 14.0. The summed E-state index contributed by atoms with van der Waals surface area (Å²) in [6.07, 6.45) is 3.40. The van der Waals surface area contributed by atoms with Crippen LogP contribution in [0.4, 0.5) is 5.69 Å². The van der Waals surface area contributed by atoms with E-state index in [1.165, 1.54) is 17.9 Å². The van der Waals surface area contributed by atoms with Gasteiger partial charge in [-0.15, -0.1) is 0 Å². The van der Waals surface area contributed by atoms with E-state index in [-0.39, 0.29) is 12.3 Å². The van der Waals surface area contributed by atoms with Crippen LogP contribution in [0.2, 0.25) is 0 Å². The number of carbonyl (C=O) groups is 3. The number of hydrogen-bond acceptors (Lipinski definition) is 5. The molecule has 0 saturated carbocycles. The molecule has 0 fully saturated rings. The van der Waals surface area contributed by atoms with Crippen LogP contribution in [0.15, 0.2) is 54.7 Å². The molecule has 2 aromatic rings. The zero-order valence-corrected chi connectivity index (χ0v) is 15.8. The molecule has 0 aliphatic carbocycles. The number of esters is 1. The van der Waals surface area contributed by atoms with E-state index in [1.807, 2.05) is 36.4 Å². The quantitative estimate of drug-likeness (QED) is 0.793. The molecular weight excluding hydrogens is 370 g/mol. The summed E-state index contributed by atoms with van der Waals surface area (Å²) in [6, 6.07) is 15.4. The molecule has 1 heterocycles. The second kappa shape index (κ2) is 8.85. The first-order valence-corrected chi connectivity index (χ1v) is 8.99. The van der Waals surface area contributed by atoms with Crippen molar-refractivity contribution in [2.45, 2.75) is 19.4 Å². The normalized spacial score (nSPS) is 14.5. The molecule has 0 bridgehead atoms. The molecular formula is C22H19N3O4. The van der Waals surface area contributed by atoms with E-state index in [1.54, 1.807) is 24.4 Å². The minimum Gasteiger partial charge on any atom is -0.455 e. The van der Waals surface area contributed by atoms with Crippen LogP contribution in [0, 0.1) is 11.3 Å². The highest BCUT2D eigenvalue weighted by atomic mass is 16.5. The average molecular weight is 389 g/mol. The number of anilines is 1. The second-order valence-corrected chi connectivity index (χ2v) is 6.49. The molecule has 2 amide bonds. The van der Waals surface area contributed by atoms with Gasteiger partial charge in [-0.25, -0.2) is 0 Å². The van der Waals surface area contributed by atoms with Crippen molar-refractivity contribution in [3.05, 3.63) is 71.4 Å². The Morgan fingerprint density at radius 2 is 1.97 bits per heavy atom. The van der Waals surface area contributed by atoms with Crippen LogP contribution < -0.4 is 5.32 Å². The smallest absolute Gasteiger partial charge is 0.308 e. The Kier molecular flexibility index (Phi) is 6.05. The SMILES string of the molecule is CC(=O)N1C=Cc2ccccc2[C@H]1CC(=O)OCC(=O)Nc1cccc(C#N)c1. The van der Waals surface area contributed by atoms with Gasteiger partial charge in [0, 0.05) is 18.8 Å². The second-order valence-electron chi connectivity index (χ2n) is 6.49. The van der Waals surface area contributed by atoms with Gasteiger partial charge in [-0.1, -0.05) is 30.3 Å². The van der Waals surface area contributed by atoms with Crippen molar-refractivity contribution >= 4 is 29.5 Å². The average Bonchev–Trinajstić information content (AvgIpc) is 2.72. The van der Waals surface area contributed by atoms with E-state index >= 15 is 0 Å². The Balaban J connectivity index is 1.60. The van der Waals surface area contributed by atoms with Gasteiger partial charge < -0.3 is 15.0 Å². The highest BCUT2D eigenvalue weighted by Gasteiger charge is 2.28. The van der Waals surface area contributed by atoms with Crippen molar-refractivity contribution in [2.24, 2.45) is 0 Å². The van der Waals surface area contributed by atoms with Crippen LogP contribution in [0.5, 0.6) is 0 Å². The highest BCUT2D eigenvalue weighted by molar-refractivity contribution is 5.93. The Hall–Kier alpha value is -3.92. The number of nitrogens with zero attached hydrogens (tertiary/aromatic N) is 2. The molecule has 29 heavy (non-hydrogen) atoms. The third-order valence-corrected chi connectivity index (χ3v) is 4.47. The van der Waals surface area contributed by atoms with Gasteiger partial charge in [0.2, 0.25) is 5.91 Å². The van der Waals surface area contributed by atoms with Gasteiger partial charge >= 0.3 is 5.97 Å². The summed E-state index contributed by atoms with van der Waals surface area (Å²) in [5.41, 5.74) is 2.63. The van der Waals surface area contributed by atoms with Crippen molar-refractivity contribution in [3.8, 4) is 6.07 Å². The summed E-state index contributed by atoms with van der Waals surface area (Å²) in [5.74, 6) is -1.29. The standard InChI is InChI=1S/C22H19N3O4/c1-15(26)25-10-9-17-6-2-3-8-19(17)20(25)12-22(28)29-14-21(27)24-18-7-4-5-16(11-18)13-23/h2-11,20H,12,14H2,1H3,(H,24,27)/t20-/m1/s1. The number of rotatable bonds is 5. The van der Waals surface area contributed by atoms with Crippen LogP contribution in [0.3, 0.4) is 0 Å². The minimum atomic E-state index is -0.590. The Labute approximate surface area is 168 Å². The summed E-state index contributed by atoms with van der Waals surface area (Å²) < 4.78 is 5.10. The summed E-state index contributed by atoms with van der Waals surface area (Å²) in [4.78, 5) is 37.8. The highest BCUT2D eigenvalue weighted by Crippen LogP contribution is 2.33. The number of carbonyl (C=O) groups excluding carboxylic acids is 3. The molecule has 7 nitrogen and oxygen atoms in total. The fourth-order valence-corrected chi connectivity index (χ4v) is 3.14. The number of fused-ring (bicyclic) bond motifs is 1. The predicted octanol–water partition coefficient (Wildman–Crippen LogP) is 3.00. The maximum Gasteiger partial charge on any atom is 0.308 e. The van der Waals surface area contributed by atoms with Crippen LogP contribution >= 0.6 is 0 Å². The van der Waals surface area contributed by atoms with Gasteiger partial charge in [-0.3, -0.25) is 14.4 Å². The largest absolute Gasteiger partial charge is 0.455 e. The monoisotopic (exact) mass is 389 g/mol. The van der Waals surface area contributed by atoms with E-state index < -0.39 is 24.5 Å². The van der Waals surface area contributed by atoms with E-state index in [9.17, 15) is 14.4 Å². The molecule has 1 atom stereocenters. The fourth-order valence-electron chi connectivity index (χ4n) is 3.14. The maximum absolute atomic E-state index is 12.3. The lowest BCUT2D eigenvalue weighted by atomic mass is 9.94. The van der Waals surface area contributed by atoms with E-state index in [2.05, 4.69) is 5.32 Å². The summed E-state index contributed by atoms with van der Waals surface area (Å²) in [6.45, 7) is 0.972. The molecule has 1 N–H and O–H groups in total. The third-order valence-electron chi connectivity index (χ3n) is 4.47. The molecule has 7 heteroatoms. The molecule has 1 aliphatic rings. The summed E-state index contributed by atoms with van der Waals surface area (Å²) in [5, 5.41) is 11.5. The summed E-state index contributed by atoms with van der Waals surface area (Å²) in [7, 11) is 0. The van der Waals surface area contributed by atoms with Crippen molar-refractivity contribution in [1.29, 1.82) is 5.26 Å². The van der Waals surface area contributed by atoms with E-state index in [4.69, 9.17) is 10.00 Å². The van der Waals surface area contributed by atoms with Crippen LogP contribution in [0.1, 0.15) is 36.1 Å². The number of hydrogen-bond donors (Lipinski definition) is 1. The number of nitrogens with one attached hydrogen (secondary N) is 1. The number of ether oxygens (including phenoxy) is 1. The molecule has 0 aromatic heterocycles. The fraction of sp³-hybridized carbons (Fsp3) is 0.182. The van der Waals surface area contributed by atoms with Gasteiger partial charge in [-0.05, 0) is 35.4 Å². The molecule has 3 rings (SSSR count). The lowest BCUT2D eigenvalue weighted by Crippen LogP contribution is -2.33. The van der Waals surface area contributed by atoms with Crippen LogP contribution in [0.25, 0.3) is 6.08 Å². The Bertz CT molecular complexity index is 1020. The summed E-state index contributed by atoms with van der Waals surface area (Å²) >= 11 is 0. The van der Waals surface area contributed by atoms with E-state index in [0.717, 1.165) is 11.1 Å². The van der Waals surface area contributed by atoms with Gasteiger partial charge in [0.25, 0.3) is 5.91 Å². The number of nitriles is 1. The van der Waals surface area contributed by atoms with Gasteiger partial charge in [0.05, 0.1) is 24.1 Å². The van der Waals surface area contributed by atoms with Crippen LogP contribution in [-0.4, -0.2) is 29.3 Å². The van der Waals surface area contributed by atoms with Gasteiger partial charge in [-0.2, -0.15) is 5.26 Å². The first kappa shape index (κ1) is 19.8. The zero-order valence-electron chi connectivity index (χ0n) is 15.8. The van der Waals surface area contributed by atoms with Gasteiger partial charge in [0.1, 0.15) is 0 Å². The molecule has 2 aromatic carbocycles. The molecule has 0 saturated heterocycles. The minimum absolute atomic E-state index is 0.0713. The number of benzene rings is 2. The predicted molar refractivity (Wildman–Crippen MR) is 106 cm³/mol. The van der Waals surface area contributed by atoms with Crippen molar-refractivity contribution in [3.63, 3.8) is 0 Å². The zero-order chi connectivity index (χ0) is 20.8. The molecule has 146 valence electrons. The molecule has 0 unspecified atom stereocenters. The molecule has 0 radical (unpaired) electrons. The third kappa shape index (κ3) is 4.87. The van der Waals surface area contributed by atoms with Crippen LogP contribution in [-0.2, 0) is 19.1 Å². The lowest BCUT2D eigenvalue weighted by molar-refractivity contribution is -0.149. The molecule has 1 aliphatic heterocycles. The lowest BCUT2D eigenvalue weighted by Gasteiger charge is -2.32. The maximum atomic E-state index is 12.3. The van der Waals surface area contributed by atoms with Crippen molar-refractivity contribution < 1.29 is 19.1 Å². The topological polar surface area (TPSA) is 99.5 Å². The van der Waals surface area contributed by atoms with E-state index in [0.29, 0.717) is 11.3 Å².